The number of anilines is 7. The van der Waals surface area contributed by atoms with Gasteiger partial charge in [0.25, 0.3) is 0 Å². The minimum atomic E-state index is -4.07. The molecule has 1 aliphatic rings. The second-order valence-electron chi connectivity index (χ2n) is 10.2. The summed E-state index contributed by atoms with van der Waals surface area (Å²) >= 11 is 0. The molecule has 0 radical (unpaired) electrons. The molecule has 0 aliphatic carbocycles. The van der Waals surface area contributed by atoms with Crippen LogP contribution in [0.5, 0.6) is 5.75 Å². The van der Waals surface area contributed by atoms with E-state index < -0.39 is 22.1 Å². The van der Waals surface area contributed by atoms with Gasteiger partial charge in [-0.05, 0) is 50.9 Å². The molecule has 2 heterocycles. The molecule has 1 aromatic heterocycles. The number of nitrogens with zero attached hydrogens (tertiary/aromatic N) is 6. The Morgan fingerprint density at radius 3 is 2.51 bits per heavy atom. The van der Waals surface area contributed by atoms with E-state index in [0.29, 0.717) is 34.1 Å². The van der Waals surface area contributed by atoms with Crippen molar-refractivity contribution in [2.24, 2.45) is 0 Å². The van der Waals surface area contributed by atoms with Gasteiger partial charge in [-0.15, -0.1) is 0 Å². The first-order valence-electron chi connectivity index (χ1n) is 13.9. The maximum absolute atomic E-state index is 13.7. The maximum atomic E-state index is 13.7. The van der Waals surface area contributed by atoms with Crippen LogP contribution in [0.15, 0.2) is 61.3 Å². The van der Waals surface area contributed by atoms with E-state index in [2.05, 4.69) is 31.5 Å². The molecule has 0 unspecified atom stereocenters. The molecule has 0 spiro atoms. The van der Waals surface area contributed by atoms with Crippen molar-refractivity contribution in [2.45, 2.75) is 6.92 Å². The van der Waals surface area contributed by atoms with Crippen LogP contribution in [0.1, 0.15) is 12.5 Å². The van der Waals surface area contributed by atoms with Crippen molar-refractivity contribution in [3.63, 3.8) is 0 Å². The number of nitrogen functional groups attached to an aromatic ring is 1. The largest absolute Gasteiger partial charge is 0.494 e. The molecule has 4 rings (SSSR count). The van der Waals surface area contributed by atoms with Crippen LogP contribution < -0.4 is 29.3 Å². The van der Waals surface area contributed by atoms with Crippen LogP contribution in [0.4, 0.5) is 40.2 Å². The number of likely N-dealkylation sites (N-methyl/N-ethyl adjacent to an activating group) is 2. The normalized spacial score (nSPS) is 13.6. The van der Waals surface area contributed by atoms with Gasteiger partial charge >= 0.3 is 22.1 Å². The number of carbonyl (C=O) groups excluding carboxylic acids is 2. The summed E-state index contributed by atoms with van der Waals surface area (Å²) in [6, 6.07) is 9.87. The monoisotopic (exact) mass is 636 g/mol. The van der Waals surface area contributed by atoms with Gasteiger partial charge in [-0.3, -0.25) is 4.31 Å². The van der Waals surface area contributed by atoms with E-state index in [1.807, 2.05) is 32.1 Å². The zero-order valence-electron chi connectivity index (χ0n) is 25.7. The Hall–Kier alpha value is -5.15. The van der Waals surface area contributed by atoms with Crippen molar-refractivity contribution in [1.29, 1.82) is 0 Å². The lowest BCUT2D eigenvalue weighted by atomic mass is 10.1. The summed E-state index contributed by atoms with van der Waals surface area (Å²) in [5.74, 6) is -1.03. The first-order chi connectivity index (χ1) is 21.4. The van der Waals surface area contributed by atoms with Gasteiger partial charge in [0, 0.05) is 57.2 Å². The number of benzene rings is 2. The van der Waals surface area contributed by atoms with E-state index in [1.165, 1.54) is 29.8 Å². The number of nitrogens with one attached hydrogen (secondary N) is 1. The van der Waals surface area contributed by atoms with Crippen LogP contribution in [0.25, 0.3) is 6.08 Å². The van der Waals surface area contributed by atoms with E-state index >= 15 is 0 Å². The highest BCUT2D eigenvalue weighted by atomic mass is 32.2. The van der Waals surface area contributed by atoms with Gasteiger partial charge in [0.15, 0.2) is 5.82 Å². The van der Waals surface area contributed by atoms with Gasteiger partial charge in [-0.25, -0.2) is 18.9 Å². The molecule has 0 atom stereocenters. The van der Waals surface area contributed by atoms with Crippen molar-refractivity contribution in [1.82, 2.24) is 14.9 Å². The lowest BCUT2D eigenvalue weighted by Gasteiger charge is -2.24. The van der Waals surface area contributed by atoms with Gasteiger partial charge in [0.2, 0.25) is 5.95 Å². The van der Waals surface area contributed by atoms with Crippen molar-refractivity contribution in [3.05, 3.63) is 66.9 Å². The summed E-state index contributed by atoms with van der Waals surface area (Å²) in [4.78, 5) is 36.0. The third-order valence-corrected chi connectivity index (χ3v) is 8.66. The SMILES string of the molecule is C=CC(=O)OC(=O)/C=C\c1ccc2c(c1)N(CC)S(=O)(=O)N2c1ccnc(Nc2cc(N)c(N(C)CCN(C)C)cc2OC)n1. The molecule has 1 aliphatic heterocycles. The van der Waals surface area contributed by atoms with Crippen LogP contribution in [0, 0.1) is 0 Å². The number of aromatic nitrogens is 2. The number of rotatable bonds is 12. The van der Waals surface area contributed by atoms with Crippen molar-refractivity contribution in [2.75, 3.05) is 72.4 Å². The minimum absolute atomic E-state index is 0.103. The van der Waals surface area contributed by atoms with Crippen LogP contribution in [-0.2, 0) is 24.5 Å². The van der Waals surface area contributed by atoms with E-state index in [9.17, 15) is 18.0 Å². The highest BCUT2D eigenvalue weighted by Gasteiger charge is 2.41. The molecule has 0 saturated carbocycles. The Morgan fingerprint density at radius 2 is 1.84 bits per heavy atom. The lowest BCUT2D eigenvalue weighted by Crippen LogP contribution is -2.35. The number of esters is 2. The standard InChI is InChI=1S/C30H36N8O6S/c1-7-28(39)44-29(40)12-10-20-9-11-23-25(17-20)37(8-2)45(41,42)38(23)27-13-14-32-30(34-27)33-22-18-21(31)24(19-26(22)43-6)36(5)16-15-35(3)4/h7,9-14,17-19H,1,8,15-16,31H2,2-6H3,(H,32,33,34)/b12-10-. The predicted molar refractivity (Wildman–Crippen MR) is 175 cm³/mol. The van der Waals surface area contributed by atoms with Gasteiger partial charge in [-0.1, -0.05) is 12.6 Å². The summed E-state index contributed by atoms with van der Waals surface area (Å²) < 4.78 is 39.9. The van der Waals surface area contributed by atoms with Gasteiger partial charge in [0.05, 0.1) is 35.5 Å². The zero-order valence-corrected chi connectivity index (χ0v) is 26.5. The Morgan fingerprint density at radius 1 is 1.09 bits per heavy atom. The number of hydrogen-bond acceptors (Lipinski definition) is 12. The average molecular weight is 637 g/mol. The fourth-order valence-electron chi connectivity index (χ4n) is 4.57. The zero-order chi connectivity index (χ0) is 32.9. The lowest BCUT2D eigenvalue weighted by molar-refractivity contribution is -0.152. The van der Waals surface area contributed by atoms with E-state index in [0.717, 1.165) is 35.2 Å². The Balaban J connectivity index is 1.64. The first-order valence-corrected chi connectivity index (χ1v) is 15.3. The summed E-state index contributed by atoms with van der Waals surface area (Å²) in [5.41, 5.74) is 9.46. The molecule has 238 valence electrons. The smallest absolute Gasteiger partial charge is 0.338 e. The van der Waals surface area contributed by atoms with Gasteiger partial charge in [0.1, 0.15) is 5.75 Å². The molecule has 45 heavy (non-hydrogen) atoms. The minimum Gasteiger partial charge on any atom is -0.494 e. The third-order valence-electron chi connectivity index (χ3n) is 6.80. The molecule has 3 N–H and O–H groups in total. The molecular formula is C30H36N8O6S. The maximum Gasteiger partial charge on any atom is 0.338 e. The number of ether oxygens (including phenoxy) is 2. The van der Waals surface area contributed by atoms with Gasteiger partial charge in [-0.2, -0.15) is 13.4 Å². The summed E-state index contributed by atoms with van der Waals surface area (Å²) in [7, 11) is 3.41. The number of hydrogen-bond donors (Lipinski definition) is 2. The third kappa shape index (κ3) is 7.16. The second-order valence-corrected chi connectivity index (χ2v) is 11.9. The molecule has 0 amide bonds. The Bertz CT molecular complexity index is 1740. The van der Waals surface area contributed by atoms with Gasteiger partial charge < -0.3 is 30.3 Å². The fourth-order valence-corrected chi connectivity index (χ4v) is 6.23. The highest BCUT2D eigenvalue weighted by molar-refractivity contribution is 7.95. The average Bonchev–Trinajstić information content (AvgIpc) is 3.23. The molecule has 2 aromatic carbocycles. The second kappa shape index (κ2) is 13.7. The number of carbonyl (C=O) groups is 2. The Kier molecular flexibility index (Phi) is 9.94. The fraction of sp³-hybridized carbons (Fsp3) is 0.267. The van der Waals surface area contributed by atoms with Crippen molar-refractivity contribution in [3.8, 4) is 5.75 Å². The van der Waals surface area contributed by atoms with Crippen molar-refractivity contribution < 1.29 is 27.5 Å². The number of nitrogens with two attached hydrogens (primary N) is 1. The topological polar surface area (TPSA) is 164 Å². The van der Waals surface area contributed by atoms with E-state index in [1.54, 1.807) is 31.2 Å². The van der Waals surface area contributed by atoms with Crippen molar-refractivity contribution >= 4 is 68.4 Å². The number of fused-ring (bicyclic) bond motifs is 1. The highest BCUT2D eigenvalue weighted by Crippen LogP contribution is 2.45. The Labute approximate surface area is 262 Å². The predicted octanol–water partition coefficient (Wildman–Crippen LogP) is 3.30. The molecule has 0 fully saturated rings. The summed E-state index contributed by atoms with van der Waals surface area (Å²) in [5, 5.41) is 3.10. The van der Waals surface area contributed by atoms with Crippen LogP contribution in [0.3, 0.4) is 0 Å². The summed E-state index contributed by atoms with van der Waals surface area (Å²) in [6.07, 6.45) is 4.81. The molecule has 15 heteroatoms. The van der Waals surface area contributed by atoms with E-state index in [-0.39, 0.29) is 18.3 Å². The van der Waals surface area contributed by atoms with Crippen LogP contribution in [-0.4, -0.2) is 83.1 Å². The quantitative estimate of drug-likeness (QED) is 0.129. The van der Waals surface area contributed by atoms with E-state index in [4.69, 9.17) is 10.5 Å². The molecule has 0 bridgehead atoms. The van der Waals surface area contributed by atoms with Crippen LogP contribution in [0.2, 0.25) is 0 Å². The van der Waals surface area contributed by atoms with Crippen LogP contribution >= 0.6 is 0 Å². The first kappa shape index (κ1) is 32.8. The summed E-state index contributed by atoms with van der Waals surface area (Å²) in [6.45, 7) is 6.67. The number of methoxy groups -OCH3 is 1. The molecule has 3 aromatic rings. The molecule has 14 nitrogen and oxygen atoms in total. The molecular weight excluding hydrogens is 600 g/mol. The molecule has 0 saturated heterocycles.